The van der Waals surface area contributed by atoms with E-state index in [1.54, 1.807) is 11.8 Å². The summed E-state index contributed by atoms with van der Waals surface area (Å²) in [5, 5.41) is 4.05. The Bertz CT molecular complexity index is 967. The van der Waals surface area contributed by atoms with Crippen LogP contribution in [-0.2, 0) is 4.79 Å². The van der Waals surface area contributed by atoms with Crippen molar-refractivity contribution in [2.24, 2.45) is 0 Å². The summed E-state index contributed by atoms with van der Waals surface area (Å²) in [5.74, 6) is 1.12. The Kier molecular flexibility index (Phi) is 9.42. The van der Waals surface area contributed by atoms with E-state index in [-0.39, 0.29) is 5.91 Å². The van der Waals surface area contributed by atoms with Gasteiger partial charge in [-0.15, -0.1) is 0 Å². The van der Waals surface area contributed by atoms with Gasteiger partial charge in [0.05, 0.1) is 11.4 Å². The molecule has 0 saturated carbocycles. The first-order valence-corrected chi connectivity index (χ1v) is 12.7. The predicted molar refractivity (Wildman–Crippen MR) is 136 cm³/mol. The molecule has 1 aromatic heterocycles. The molecule has 3 rings (SSSR count). The molecule has 0 fully saturated rings. The van der Waals surface area contributed by atoms with Crippen LogP contribution in [0.4, 0.5) is 0 Å². The van der Waals surface area contributed by atoms with Gasteiger partial charge < -0.3 is 9.88 Å². The van der Waals surface area contributed by atoms with Crippen LogP contribution < -0.4 is 5.32 Å². The van der Waals surface area contributed by atoms with Crippen LogP contribution in [0.1, 0.15) is 58.9 Å². The predicted octanol–water partition coefficient (Wildman–Crippen LogP) is 6.98. The largest absolute Gasteiger partial charge is 0.356 e. The lowest BCUT2D eigenvalue weighted by Gasteiger charge is -2.16. The highest BCUT2D eigenvalue weighted by molar-refractivity contribution is 7.99. The van der Waals surface area contributed by atoms with Gasteiger partial charge in [-0.2, -0.15) is 0 Å². The molecule has 0 aliphatic carbocycles. The van der Waals surface area contributed by atoms with Crippen molar-refractivity contribution in [1.29, 1.82) is 0 Å². The molecular weight excluding hydrogens is 414 g/mol. The molecule has 5 heteroatoms. The van der Waals surface area contributed by atoms with E-state index in [4.69, 9.17) is 4.98 Å². The van der Waals surface area contributed by atoms with Crippen molar-refractivity contribution in [3.05, 3.63) is 60.7 Å². The second-order valence-corrected chi connectivity index (χ2v) is 9.36. The Morgan fingerprint density at radius 2 is 1.62 bits per heavy atom. The van der Waals surface area contributed by atoms with Gasteiger partial charge in [-0.25, -0.2) is 4.98 Å². The van der Waals surface area contributed by atoms with Crippen LogP contribution in [0.15, 0.2) is 65.8 Å². The minimum atomic E-state index is 0.171. The summed E-state index contributed by atoms with van der Waals surface area (Å²) < 4.78 is 2.36. The zero-order valence-electron chi connectivity index (χ0n) is 19.5. The van der Waals surface area contributed by atoms with E-state index in [1.165, 1.54) is 11.3 Å². The van der Waals surface area contributed by atoms with Crippen LogP contribution in [0.25, 0.3) is 22.5 Å². The van der Waals surface area contributed by atoms with Crippen LogP contribution >= 0.6 is 11.8 Å². The smallest absolute Gasteiger partial charge is 0.219 e. The summed E-state index contributed by atoms with van der Waals surface area (Å²) >= 11 is 1.79. The van der Waals surface area contributed by atoms with Gasteiger partial charge in [-0.1, -0.05) is 85.8 Å². The van der Waals surface area contributed by atoms with Gasteiger partial charge in [0.15, 0.2) is 5.16 Å². The number of rotatable bonds is 12. The zero-order valence-corrected chi connectivity index (χ0v) is 20.3. The third-order valence-corrected chi connectivity index (χ3v) is 6.41. The summed E-state index contributed by atoms with van der Waals surface area (Å²) in [6, 6.07) is 21.3. The fourth-order valence-electron chi connectivity index (χ4n) is 3.71. The van der Waals surface area contributed by atoms with Gasteiger partial charge >= 0.3 is 0 Å². The standard InChI is InChI=1S/C27H35N3OS/c1-4-5-19-28-24(31)18-12-13-20-32-27-29-25(22-14-8-6-9-15-22)26(30(27)21(2)3)23-16-10-7-11-17-23/h6-11,14-17,21H,4-5,12-13,18-20H2,1-3H3,(H,28,31). The SMILES string of the molecule is CCCCNC(=O)CCCCSc1nc(-c2ccccc2)c(-c2ccccc2)n1C(C)C. The molecule has 1 heterocycles. The fourth-order valence-corrected chi connectivity index (χ4v) is 4.83. The molecule has 0 aliphatic rings. The van der Waals surface area contributed by atoms with Crippen LogP contribution in [0.5, 0.6) is 0 Å². The van der Waals surface area contributed by atoms with Crippen molar-refractivity contribution in [2.45, 2.75) is 64.1 Å². The van der Waals surface area contributed by atoms with Gasteiger partial charge in [-0.3, -0.25) is 4.79 Å². The third-order valence-electron chi connectivity index (χ3n) is 5.37. The highest BCUT2D eigenvalue weighted by Crippen LogP contribution is 2.38. The number of hydrogen-bond donors (Lipinski definition) is 1. The molecule has 2 aromatic carbocycles. The minimum Gasteiger partial charge on any atom is -0.356 e. The Hall–Kier alpha value is -2.53. The van der Waals surface area contributed by atoms with Crippen LogP contribution in [0.3, 0.4) is 0 Å². The minimum absolute atomic E-state index is 0.171. The van der Waals surface area contributed by atoms with Gasteiger partial charge in [0, 0.05) is 35.9 Å². The molecule has 0 bridgehead atoms. The highest BCUT2D eigenvalue weighted by Gasteiger charge is 2.21. The summed E-state index contributed by atoms with van der Waals surface area (Å²) in [6.45, 7) is 7.36. The molecule has 0 aliphatic heterocycles. The van der Waals surface area contributed by atoms with E-state index in [9.17, 15) is 4.79 Å². The molecule has 0 unspecified atom stereocenters. The van der Waals surface area contributed by atoms with Crippen molar-refractivity contribution in [2.75, 3.05) is 12.3 Å². The second-order valence-electron chi connectivity index (χ2n) is 8.30. The summed E-state index contributed by atoms with van der Waals surface area (Å²) in [5.41, 5.74) is 4.52. The molecule has 0 spiro atoms. The molecule has 4 nitrogen and oxygen atoms in total. The highest BCUT2D eigenvalue weighted by atomic mass is 32.2. The normalized spacial score (nSPS) is 11.1. The summed E-state index contributed by atoms with van der Waals surface area (Å²) in [7, 11) is 0. The number of nitrogens with zero attached hydrogens (tertiary/aromatic N) is 2. The van der Waals surface area contributed by atoms with Crippen LogP contribution in [0.2, 0.25) is 0 Å². The number of imidazole rings is 1. The number of benzene rings is 2. The van der Waals surface area contributed by atoms with E-state index < -0.39 is 0 Å². The van der Waals surface area contributed by atoms with E-state index in [0.29, 0.717) is 12.5 Å². The quantitative estimate of drug-likeness (QED) is 0.240. The molecule has 1 amide bonds. The Balaban J connectivity index is 1.75. The van der Waals surface area contributed by atoms with E-state index in [1.807, 2.05) is 6.07 Å². The first-order chi connectivity index (χ1) is 15.6. The van der Waals surface area contributed by atoms with Crippen molar-refractivity contribution in [1.82, 2.24) is 14.9 Å². The molecular formula is C27H35N3OS. The van der Waals surface area contributed by atoms with Gasteiger partial charge in [0.2, 0.25) is 5.91 Å². The van der Waals surface area contributed by atoms with Crippen molar-refractivity contribution in [3.63, 3.8) is 0 Å². The lowest BCUT2D eigenvalue weighted by atomic mass is 10.0. The second kappa shape index (κ2) is 12.5. The average molecular weight is 450 g/mol. The maximum absolute atomic E-state index is 11.9. The molecule has 170 valence electrons. The number of thioether (sulfide) groups is 1. The van der Waals surface area contributed by atoms with Crippen molar-refractivity contribution in [3.8, 4) is 22.5 Å². The van der Waals surface area contributed by atoms with Crippen molar-refractivity contribution < 1.29 is 4.79 Å². The Labute approximate surface area is 196 Å². The van der Waals surface area contributed by atoms with E-state index in [2.05, 4.69) is 85.3 Å². The Morgan fingerprint density at radius 1 is 0.969 bits per heavy atom. The first kappa shape index (κ1) is 24.1. The van der Waals surface area contributed by atoms with Crippen molar-refractivity contribution >= 4 is 17.7 Å². The van der Waals surface area contributed by atoms with Crippen LogP contribution in [0, 0.1) is 0 Å². The lowest BCUT2D eigenvalue weighted by molar-refractivity contribution is -0.121. The maximum Gasteiger partial charge on any atom is 0.219 e. The molecule has 0 saturated heterocycles. The average Bonchev–Trinajstić information content (AvgIpc) is 3.20. The number of carbonyl (C=O) groups is 1. The summed E-state index contributed by atoms with van der Waals surface area (Å²) in [4.78, 5) is 17.0. The topological polar surface area (TPSA) is 46.9 Å². The zero-order chi connectivity index (χ0) is 22.8. The number of amides is 1. The number of carbonyl (C=O) groups excluding carboxylic acids is 1. The van der Waals surface area contributed by atoms with E-state index in [0.717, 1.165) is 54.4 Å². The molecule has 3 aromatic rings. The first-order valence-electron chi connectivity index (χ1n) is 11.7. The van der Waals surface area contributed by atoms with Crippen LogP contribution in [-0.4, -0.2) is 27.8 Å². The Morgan fingerprint density at radius 3 is 2.25 bits per heavy atom. The third kappa shape index (κ3) is 6.49. The molecule has 0 radical (unpaired) electrons. The molecule has 1 N–H and O–H groups in total. The lowest BCUT2D eigenvalue weighted by Crippen LogP contribution is -2.23. The monoisotopic (exact) mass is 449 g/mol. The number of nitrogens with one attached hydrogen (secondary N) is 1. The fraction of sp³-hybridized carbons (Fsp3) is 0.407. The van der Waals surface area contributed by atoms with Gasteiger partial charge in [0.1, 0.15) is 0 Å². The molecule has 0 atom stereocenters. The number of hydrogen-bond acceptors (Lipinski definition) is 3. The summed E-state index contributed by atoms with van der Waals surface area (Å²) in [6.07, 6.45) is 4.67. The molecule has 32 heavy (non-hydrogen) atoms. The number of unbranched alkanes of at least 4 members (excludes halogenated alkanes) is 2. The van der Waals surface area contributed by atoms with Gasteiger partial charge in [-0.05, 0) is 33.1 Å². The number of aromatic nitrogens is 2. The maximum atomic E-state index is 11.9. The van der Waals surface area contributed by atoms with Gasteiger partial charge in [0.25, 0.3) is 0 Å². The van der Waals surface area contributed by atoms with E-state index >= 15 is 0 Å².